The second kappa shape index (κ2) is 20.7. The van der Waals surface area contributed by atoms with E-state index >= 15 is 0 Å². The summed E-state index contributed by atoms with van der Waals surface area (Å²) in [7, 11) is 0. The number of carbonyl (C=O) groups is 3. The number of quaternary nitrogens is 1. The number of nitrogens with one attached hydrogen (secondary N) is 5. The van der Waals surface area contributed by atoms with Crippen LogP contribution >= 0.6 is 11.6 Å². The summed E-state index contributed by atoms with van der Waals surface area (Å²) in [6, 6.07) is 15.0. The molecule has 318 valence electrons. The highest BCUT2D eigenvalue weighted by Gasteiger charge is 2.36. The Hall–Kier alpha value is -6.20. The number of nitrogens with zero attached hydrogens (tertiary/aromatic N) is 5. The lowest BCUT2D eigenvalue weighted by Gasteiger charge is -2.45. The quantitative estimate of drug-likeness (QED) is 0.0547. The fraction of sp³-hybridized carbons (Fsp3) is 0.405. The molecule has 4 atom stereocenters. The number of aromatic amines is 2. The van der Waals surface area contributed by atoms with E-state index in [9.17, 15) is 14.4 Å². The van der Waals surface area contributed by atoms with E-state index in [1.807, 2.05) is 50.2 Å². The summed E-state index contributed by atoms with van der Waals surface area (Å²) in [6.45, 7) is 6.94. The summed E-state index contributed by atoms with van der Waals surface area (Å²) < 4.78 is 12.5. The molecule has 3 amide bonds. The van der Waals surface area contributed by atoms with E-state index in [1.54, 1.807) is 24.8 Å². The SMILES string of the molecule is CC(NC(=O)COc1cccc(CCC[N+]2(CCCc3cccc(OCC(=O)N[C@@H](C)c4ncc[nH]4)c3)CCCC(NC(=O)c3nc(Cl)c(N)nc3N)C2)c1)c1ncc[nH]1. The number of likely N-dealkylation sites (tertiary alicyclic amines) is 1. The minimum Gasteiger partial charge on any atom is -0.484 e. The van der Waals surface area contributed by atoms with Crippen molar-refractivity contribution in [3.8, 4) is 11.5 Å². The summed E-state index contributed by atoms with van der Waals surface area (Å²) >= 11 is 6.09. The normalized spacial score (nSPS) is 17.3. The molecule has 0 bridgehead atoms. The van der Waals surface area contributed by atoms with Crippen LogP contribution in [0.15, 0.2) is 73.3 Å². The van der Waals surface area contributed by atoms with Crippen molar-refractivity contribution in [2.24, 2.45) is 0 Å². The number of H-pyrrole nitrogens is 2. The lowest BCUT2D eigenvalue weighted by Crippen LogP contribution is -2.60. The van der Waals surface area contributed by atoms with Gasteiger partial charge in [0.2, 0.25) is 0 Å². The molecule has 0 saturated carbocycles. The van der Waals surface area contributed by atoms with Gasteiger partial charge in [-0.2, -0.15) is 0 Å². The van der Waals surface area contributed by atoms with Crippen molar-refractivity contribution in [2.45, 2.75) is 70.5 Å². The molecular weight excluding hydrogens is 788 g/mol. The number of hydrogen-bond donors (Lipinski definition) is 7. The number of nitrogen functional groups attached to an aromatic ring is 2. The second-order valence-electron chi connectivity index (χ2n) is 15.2. The Labute approximate surface area is 354 Å². The average Bonchev–Trinajstić information content (AvgIpc) is 3.98. The molecule has 3 unspecified atom stereocenters. The van der Waals surface area contributed by atoms with Gasteiger partial charge >= 0.3 is 0 Å². The number of rotatable bonds is 20. The van der Waals surface area contributed by atoms with E-state index in [4.69, 9.17) is 32.5 Å². The molecule has 0 spiro atoms. The summed E-state index contributed by atoms with van der Waals surface area (Å²) in [4.78, 5) is 61.0. The maximum absolute atomic E-state index is 13.4. The first-order valence-corrected chi connectivity index (χ1v) is 20.6. The molecular formula is C42H54ClN12O5+. The van der Waals surface area contributed by atoms with Gasteiger partial charge in [-0.1, -0.05) is 35.9 Å². The van der Waals surface area contributed by atoms with Gasteiger partial charge in [-0.3, -0.25) is 14.4 Å². The van der Waals surface area contributed by atoms with Gasteiger partial charge in [0.25, 0.3) is 17.7 Å². The lowest BCUT2D eigenvalue weighted by atomic mass is 9.99. The van der Waals surface area contributed by atoms with E-state index in [-0.39, 0.29) is 65.6 Å². The number of carbonyl (C=O) groups excluding carboxylic acids is 3. The van der Waals surface area contributed by atoms with E-state index in [0.717, 1.165) is 80.3 Å². The third kappa shape index (κ3) is 12.4. The topological polar surface area (TPSA) is 241 Å². The number of aryl methyl sites for hydroxylation is 2. The summed E-state index contributed by atoms with van der Waals surface area (Å²) in [5, 5.41) is 8.86. The Morgan fingerprint density at radius 3 is 1.90 bits per heavy atom. The Balaban J connectivity index is 1.06. The minimum atomic E-state index is -0.436. The van der Waals surface area contributed by atoms with Crippen LogP contribution in [0.5, 0.6) is 11.5 Å². The van der Waals surface area contributed by atoms with Crippen LogP contribution in [0.2, 0.25) is 5.15 Å². The van der Waals surface area contributed by atoms with Gasteiger partial charge in [-0.15, -0.1) is 0 Å². The monoisotopic (exact) mass is 841 g/mol. The zero-order valence-electron chi connectivity index (χ0n) is 34.0. The smallest absolute Gasteiger partial charge is 0.274 e. The number of amides is 3. The van der Waals surface area contributed by atoms with Crippen LogP contribution in [0.4, 0.5) is 11.6 Å². The van der Waals surface area contributed by atoms with Crippen LogP contribution in [0.25, 0.3) is 0 Å². The largest absolute Gasteiger partial charge is 0.484 e. The van der Waals surface area contributed by atoms with Crippen molar-refractivity contribution in [3.63, 3.8) is 0 Å². The number of imidazole rings is 2. The zero-order chi connectivity index (χ0) is 42.5. The average molecular weight is 842 g/mol. The molecule has 0 radical (unpaired) electrons. The highest BCUT2D eigenvalue weighted by molar-refractivity contribution is 6.31. The van der Waals surface area contributed by atoms with E-state index in [1.165, 1.54) is 0 Å². The Morgan fingerprint density at radius 2 is 1.38 bits per heavy atom. The number of ether oxygens (including phenoxy) is 2. The van der Waals surface area contributed by atoms with Crippen LogP contribution in [-0.4, -0.2) is 97.5 Å². The third-order valence-corrected chi connectivity index (χ3v) is 10.9. The van der Waals surface area contributed by atoms with Crippen molar-refractivity contribution in [3.05, 3.63) is 107 Å². The molecule has 60 heavy (non-hydrogen) atoms. The number of aromatic nitrogens is 6. The van der Waals surface area contributed by atoms with Crippen molar-refractivity contribution in [1.82, 2.24) is 45.9 Å². The molecule has 1 aliphatic heterocycles. The number of hydrogen-bond acceptors (Lipinski definition) is 11. The van der Waals surface area contributed by atoms with E-state index in [0.29, 0.717) is 23.1 Å². The molecule has 4 heterocycles. The number of halogens is 1. The summed E-state index contributed by atoms with van der Waals surface area (Å²) in [5.41, 5.74) is 13.9. The predicted molar refractivity (Wildman–Crippen MR) is 227 cm³/mol. The molecule has 2 aromatic carbocycles. The van der Waals surface area contributed by atoms with Crippen molar-refractivity contribution in [1.29, 1.82) is 0 Å². The zero-order valence-corrected chi connectivity index (χ0v) is 34.7. The van der Waals surface area contributed by atoms with Gasteiger partial charge in [0.15, 0.2) is 35.7 Å². The molecule has 3 aromatic heterocycles. The fourth-order valence-corrected chi connectivity index (χ4v) is 7.80. The molecule has 17 nitrogen and oxygen atoms in total. The third-order valence-electron chi connectivity index (χ3n) is 10.6. The molecule has 6 rings (SSSR count). The van der Waals surface area contributed by atoms with Gasteiger partial charge in [0.05, 0.1) is 44.3 Å². The Morgan fingerprint density at radius 1 is 0.833 bits per heavy atom. The molecule has 18 heteroatoms. The van der Waals surface area contributed by atoms with Crippen molar-refractivity contribution >= 4 is 41.0 Å². The van der Waals surface area contributed by atoms with Gasteiger partial charge in [-0.05, 0) is 74.9 Å². The predicted octanol–water partition coefficient (Wildman–Crippen LogP) is 4.23. The fourth-order valence-electron chi connectivity index (χ4n) is 7.67. The summed E-state index contributed by atoms with van der Waals surface area (Å²) in [6.07, 6.45) is 11.8. The molecule has 0 aliphatic carbocycles. The number of anilines is 2. The highest BCUT2D eigenvalue weighted by atomic mass is 35.5. The molecule has 1 aliphatic rings. The van der Waals surface area contributed by atoms with E-state index in [2.05, 4.69) is 58.0 Å². The standard InChI is InChI=1S/C42H53ClN12O5/c1-27(40-46-15-16-47-40)50-34(56)25-59-32-13-3-8-29(22-32)10-5-19-55(21-7-12-31(24-55)52-42(58)36-38(44)54-39(45)37(43)53-36)20-6-11-30-9-4-14-33(23-30)60-26-35(57)51-28(2)41-48-17-18-49-41/h3-4,8-9,13-18,22-23,27-28,31H,5-7,10-12,19-21,24-26H2,1-2H3,(H8-,44,45,46,47,48,49,50,51,52,54,56,57,58)/p+1/t27-,28?,31?,55?/m0/s1. The summed E-state index contributed by atoms with van der Waals surface area (Å²) in [5.74, 6) is 1.57. The van der Waals surface area contributed by atoms with Crippen LogP contribution < -0.4 is 36.9 Å². The van der Waals surface area contributed by atoms with Gasteiger partial charge in [0, 0.05) is 37.6 Å². The Bertz CT molecular complexity index is 2080. The second-order valence-corrected chi connectivity index (χ2v) is 15.6. The maximum atomic E-state index is 13.4. The number of benzene rings is 2. The first-order chi connectivity index (χ1) is 28.9. The van der Waals surface area contributed by atoms with E-state index < -0.39 is 5.91 Å². The van der Waals surface area contributed by atoms with Crippen LogP contribution in [-0.2, 0) is 22.4 Å². The van der Waals surface area contributed by atoms with Gasteiger partial charge < -0.3 is 51.3 Å². The Kier molecular flexibility index (Phi) is 14.9. The maximum Gasteiger partial charge on any atom is 0.274 e. The van der Waals surface area contributed by atoms with Gasteiger partial charge in [0.1, 0.15) is 23.1 Å². The minimum absolute atomic E-state index is 0.0317. The molecule has 5 aromatic rings. The van der Waals surface area contributed by atoms with Crippen LogP contribution in [0.1, 0.15) is 84.9 Å². The number of piperidine rings is 1. The van der Waals surface area contributed by atoms with Crippen molar-refractivity contribution in [2.75, 3.05) is 50.9 Å². The highest BCUT2D eigenvalue weighted by Crippen LogP contribution is 2.25. The van der Waals surface area contributed by atoms with Gasteiger partial charge in [-0.25, -0.2) is 19.9 Å². The lowest BCUT2D eigenvalue weighted by molar-refractivity contribution is -0.933. The van der Waals surface area contributed by atoms with Crippen LogP contribution in [0, 0.1) is 0 Å². The molecule has 1 saturated heterocycles. The first kappa shape index (κ1) is 43.4. The number of nitrogens with two attached hydrogens (primary N) is 2. The molecule has 1 fully saturated rings. The molecule has 9 N–H and O–H groups in total. The van der Waals surface area contributed by atoms with Crippen molar-refractivity contribution < 1.29 is 28.3 Å². The van der Waals surface area contributed by atoms with Crippen LogP contribution in [0.3, 0.4) is 0 Å². The first-order valence-electron chi connectivity index (χ1n) is 20.2.